The highest BCUT2D eigenvalue weighted by molar-refractivity contribution is 5.54. The predicted octanol–water partition coefficient (Wildman–Crippen LogP) is 1.88. The summed E-state index contributed by atoms with van der Waals surface area (Å²) in [6, 6.07) is 0. The minimum atomic E-state index is -0.415. The van der Waals surface area contributed by atoms with Gasteiger partial charge in [0.1, 0.15) is 6.20 Å². The van der Waals surface area contributed by atoms with Gasteiger partial charge in [-0.15, -0.1) is 5.10 Å². The lowest BCUT2D eigenvalue weighted by Gasteiger charge is -2.04. The van der Waals surface area contributed by atoms with E-state index in [0.717, 1.165) is 0 Å². The van der Waals surface area contributed by atoms with Crippen LogP contribution in [-0.4, -0.2) is 21.2 Å². The third-order valence-electron chi connectivity index (χ3n) is 1.94. The van der Waals surface area contributed by atoms with Gasteiger partial charge in [-0.3, -0.25) is 14.8 Å². The monoisotopic (exact) mass is 212 g/mol. The van der Waals surface area contributed by atoms with Crippen LogP contribution in [0.15, 0.2) is 6.20 Å². The molecular weight excluding hydrogens is 196 g/mol. The van der Waals surface area contributed by atoms with Gasteiger partial charge in [-0.25, -0.2) is 0 Å². The van der Waals surface area contributed by atoms with Crippen molar-refractivity contribution in [2.45, 2.75) is 27.3 Å². The summed E-state index contributed by atoms with van der Waals surface area (Å²) in [4.78, 5) is 10.3. The van der Waals surface area contributed by atoms with Crippen LogP contribution in [0.2, 0.25) is 0 Å². The number of nitrogens with zero attached hydrogens (tertiary/aromatic N) is 3. The first-order valence-corrected chi connectivity index (χ1v) is 5.00. The topological polar surface area (TPSA) is 73.0 Å². The Bertz CT molecular complexity index is 346. The molecule has 0 radical (unpaired) electrons. The number of aromatic nitrogens is 2. The molecule has 0 aliphatic carbocycles. The predicted molar refractivity (Wildman–Crippen MR) is 57.9 cm³/mol. The standard InChI is InChI=1S/C9H16N4O2/c1-4-12-6-8(13(14)15)9(11-12)10-5-7(2)3/h6-7H,4-5H2,1-3H3,(H,10,11). The van der Waals surface area contributed by atoms with Gasteiger partial charge >= 0.3 is 5.69 Å². The summed E-state index contributed by atoms with van der Waals surface area (Å²) in [6.07, 6.45) is 1.45. The van der Waals surface area contributed by atoms with Crippen LogP contribution in [-0.2, 0) is 6.54 Å². The number of nitrogens with one attached hydrogen (secondary N) is 1. The van der Waals surface area contributed by atoms with Gasteiger partial charge in [0.15, 0.2) is 0 Å². The maximum absolute atomic E-state index is 10.7. The molecule has 84 valence electrons. The highest BCUT2D eigenvalue weighted by Crippen LogP contribution is 2.21. The van der Waals surface area contributed by atoms with Crippen LogP contribution >= 0.6 is 0 Å². The van der Waals surface area contributed by atoms with Gasteiger partial charge in [-0.1, -0.05) is 13.8 Å². The number of hydrogen-bond donors (Lipinski definition) is 1. The maximum atomic E-state index is 10.7. The molecule has 0 aromatic carbocycles. The molecule has 0 saturated heterocycles. The molecule has 15 heavy (non-hydrogen) atoms. The Morgan fingerprint density at radius 2 is 2.33 bits per heavy atom. The number of aryl methyl sites for hydroxylation is 1. The zero-order chi connectivity index (χ0) is 11.4. The largest absolute Gasteiger partial charge is 0.363 e. The van der Waals surface area contributed by atoms with Gasteiger partial charge < -0.3 is 5.32 Å². The lowest BCUT2D eigenvalue weighted by molar-refractivity contribution is -0.384. The van der Waals surface area contributed by atoms with Gasteiger partial charge in [0.2, 0.25) is 5.82 Å². The van der Waals surface area contributed by atoms with E-state index < -0.39 is 4.92 Å². The quantitative estimate of drug-likeness (QED) is 0.597. The van der Waals surface area contributed by atoms with Gasteiger partial charge in [-0.2, -0.15) is 0 Å². The van der Waals surface area contributed by atoms with Gasteiger partial charge in [0.25, 0.3) is 0 Å². The Balaban J connectivity index is 2.84. The number of anilines is 1. The molecule has 1 aromatic heterocycles. The first-order chi connectivity index (χ1) is 7.04. The number of hydrogen-bond acceptors (Lipinski definition) is 4. The van der Waals surface area contributed by atoms with Crippen LogP contribution in [0.3, 0.4) is 0 Å². The lowest BCUT2D eigenvalue weighted by atomic mass is 10.2. The molecule has 0 amide bonds. The van der Waals surface area contributed by atoms with E-state index in [-0.39, 0.29) is 5.69 Å². The van der Waals surface area contributed by atoms with Crippen molar-refractivity contribution in [2.24, 2.45) is 5.92 Å². The SMILES string of the molecule is CCn1cc([N+](=O)[O-])c(NCC(C)C)n1. The Morgan fingerprint density at radius 3 is 2.80 bits per heavy atom. The second-order valence-electron chi connectivity index (χ2n) is 3.75. The van der Waals surface area contributed by atoms with Crippen LogP contribution < -0.4 is 5.32 Å². The zero-order valence-electron chi connectivity index (χ0n) is 9.23. The summed E-state index contributed by atoms with van der Waals surface area (Å²) < 4.78 is 1.56. The van der Waals surface area contributed by atoms with E-state index in [1.54, 1.807) is 4.68 Å². The van der Waals surface area contributed by atoms with Crippen molar-refractivity contribution in [3.63, 3.8) is 0 Å². The average Bonchev–Trinajstić information content (AvgIpc) is 2.57. The van der Waals surface area contributed by atoms with Crippen LogP contribution in [0.25, 0.3) is 0 Å². The number of rotatable bonds is 5. The molecule has 0 atom stereocenters. The van der Waals surface area contributed by atoms with Crippen molar-refractivity contribution in [1.82, 2.24) is 9.78 Å². The molecule has 1 heterocycles. The first kappa shape index (κ1) is 11.5. The molecule has 0 spiro atoms. The summed E-state index contributed by atoms with van der Waals surface area (Å²) in [5.74, 6) is 0.784. The van der Waals surface area contributed by atoms with E-state index in [9.17, 15) is 10.1 Å². The molecule has 1 N–H and O–H groups in total. The zero-order valence-corrected chi connectivity index (χ0v) is 9.23. The van der Waals surface area contributed by atoms with Crippen LogP contribution in [0.4, 0.5) is 11.5 Å². The van der Waals surface area contributed by atoms with Crippen molar-refractivity contribution in [1.29, 1.82) is 0 Å². The molecule has 6 heteroatoms. The van der Waals surface area contributed by atoms with Crippen LogP contribution in [0.5, 0.6) is 0 Å². The third-order valence-corrected chi connectivity index (χ3v) is 1.94. The normalized spacial score (nSPS) is 10.7. The highest BCUT2D eigenvalue weighted by Gasteiger charge is 2.18. The molecule has 0 unspecified atom stereocenters. The van der Waals surface area contributed by atoms with Crippen molar-refractivity contribution in [2.75, 3.05) is 11.9 Å². The minimum absolute atomic E-state index is 0.0394. The Kier molecular flexibility index (Phi) is 3.65. The molecule has 0 aliphatic heterocycles. The third kappa shape index (κ3) is 2.93. The Hall–Kier alpha value is -1.59. The lowest BCUT2D eigenvalue weighted by Crippen LogP contribution is -2.09. The molecule has 1 aromatic rings. The summed E-state index contributed by atoms with van der Waals surface area (Å²) >= 11 is 0. The van der Waals surface area contributed by atoms with E-state index in [0.29, 0.717) is 24.8 Å². The van der Waals surface area contributed by atoms with Crippen molar-refractivity contribution < 1.29 is 4.92 Å². The summed E-state index contributed by atoms with van der Waals surface area (Å²) in [7, 11) is 0. The second-order valence-corrected chi connectivity index (χ2v) is 3.75. The van der Waals surface area contributed by atoms with Crippen molar-refractivity contribution >= 4 is 11.5 Å². The van der Waals surface area contributed by atoms with Crippen LogP contribution in [0.1, 0.15) is 20.8 Å². The summed E-state index contributed by atoms with van der Waals surface area (Å²) in [5.41, 5.74) is 0.0394. The Labute approximate surface area is 88.4 Å². The molecule has 0 bridgehead atoms. The molecular formula is C9H16N4O2. The van der Waals surface area contributed by atoms with Crippen LogP contribution in [0, 0.1) is 16.0 Å². The summed E-state index contributed by atoms with van der Waals surface area (Å²) in [6.45, 7) is 7.28. The summed E-state index contributed by atoms with van der Waals surface area (Å²) in [5, 5.41) is 17.8. The minimum Gasteiger partial charge on any atom is -0.363 e. The molecule has 1 rings (SSSR count). The average molecular weight is 212 g/mol. The fourth-order valence-corrected chi connectivity index (χ4v) is 1.13. The second kappa shape index (κ2) is 4.77. The fraction of sp³-hybridized carbons (Fsp3) is 0.667. The Morgan fingerprint density at radius 1 is 1.67 bits per heavy atom. The molecule has 0 aliphatic rings. The molecule has 0 fully saturated rings. The number of nitro groups is 1. The van der Waals surface area contributed by atoms with Crippen molar-refractivity contribution in [3.8, 4) is 0 Å². The van der Waals surface area contributed by atoms with E-state index in [4.69, 9.17) is 0 Å². The van der Waals surface area contributed by atoms with Gasteiger partial charge in [0, 0.05) is 13.1 Å². The highest BCUT2D eigenvalue weighted by atomic mass is 16.6. The van der Waals surface area contributed by atoms with E-state index in [1.165, 1.54) is 6.20 Å². The molecule has 6 nitrogen and oxygen atoms in total. The van der Waals surface area contributed by atoms with E-state index in [1.807, 2.05) is 20.8 Å². The molecule has 0 saturated carbocycles. The van der Waals surface area contributed by atoms with E-state index >= 15 is 0 Å². The van der Waals surface area contributed by atoms with Crippen molar-refractivity contribution in [3.05, 3.63) is 16.3 Å². The van der Waals surface area contributed by atoms with Gasteiger partial charge in [-0.05, 0) is 12.8 Å². The smallest absolute Gasteiger partial charge is 0.330 e. The maximum Gasteiger partial charge on any atom is 0.330 e. The van der Waals surface area contributed by atoms with E-state index in [2.05, 4.69) is 10.4 Å². The van der Waals surface area contributed by atoms with Gasteiger partial charge in [0.05, 0.1) is 4.92 Å². The first-order valence-electron chi connectivity index (χ1n) is 5.00. The fourth-order valence-electron chi connectivity index (χ4n) is 1.13.